The maximum Gasteiger partial charge on any atom is 0.326 e. The zero-order valence-electron chi connectivity index (χ0n) is 10.6. The van der Waals surface area contributed by atoms with Crippen molar-refractivity contribution in [2.45, 2.75) is 38.3 Å². The fourth-order valence-electron chi connectivity index (χ4n) is 2.36. The van der Waals surface area contributed by atoms with Gasteiger partial charge in [-0.25, -0.2) is 0 Å². The molecule has 0 bridgehead atoms. The summed E-state index contributed by atoms with van der Waals surface area (Å²) in [6, 6.07) is 10.0. The van der Waals surface area contributed by atoms with Gasteiger partial charge in [0, 0.05) is 12.0 Å². The first-order valence-corrected chi connectivity index (χ1v) is 5.92. The van der Waals surface area contributed by atoms with Crippen LogP contribution in [0.1, 0.15) is 26.3 Å². The molecule has 1 unspecified atom stereocenters. The summed E-state index contributed by atoms with van der Waals surface area (Å²) in [4.78, 5) is 11.9. The maximum atomic E-state index is 11.9. The molecule has 92 valence electrons. The molecule has 17 heavy (non-hydrogen) atoms. The Hall–Kier alpha value is -1.35. The fourth-order valence-corrected chi connectivity index (χ4v) is 2.36. The Bertz CT molecular complexity index is 413. The van der Waals surface area contributed by atoms with E-state index in [-0.39, 0.29) is 11.5 Å². The third-order valence-corrected chi connectivity index (χ3v) is 3.03. The molecule has 1 atom stereocenters. The molecule has 1 heterocycles. The van der Waals surface area contributed by atoms with Gasteiger partial charge < -0.3 is 4.74 Å². The molecule has 0 saturated carbocycles. The van der Waals surface area contributed by atoms with Crippen LogP contribution in [0, 0.1) is 0 Å². The van der Waals surface area contributed by atoms with E-state index in [0.717, 1.165) is 5.56 Å². The quantitative estimate of drug-likeness (QED) is 0.793. The lowest BCUT2D eigenvalue weighted by Crippen LogP contribution is -2.66. The molecule has 3 nitrogen and oxygen atoms in total. The number of benzene rings is 1. The van der Waals surface area contributed by atoms with Gasteiger partial charge in [-0.2, -0.15) is 0 Å². The highest BCUT2D eigenvalue weighted by atomic mass is 16.5. The van der Waals surface area contributed by atoms with E-state index in [4.69, 9.17) is 4.74 Å². The van der Waals surface area contributed by atoms with E-state index in [1.807, 2.05) is 51.1 Å². The Labute approximate surface area is 102 Å². The van der Waals surface area contributed by atoms with Gasteiger partial charge in [0.2, 0.25) is 0 Å². The lowest BCUT2D eigenvalue weighted by Gasteiger charge is -2.42. The zero-order valence-corrected chi connectivity index (χ0v) is 10.6. The number of esters is 1. The molecule has 1 saturated heterocycles. The number of cyclic esters (lactones) is 1. The van der Waals surface area contributed by atoms with Crippen molar-refractivity contribution >= 4 is 5.97 Å². The second-order valence-electron chi connectivity index (χ2n) is 5.58. The fraction of sp³-hybridized carbons (Fsp3) is 0.500. The van der Waals surface area contributed by atoms with Crippen LogP contribution >= 0.6 is 0 Å². The number of carbonyl (C=O) groups excluding carboxylic acids is 1. The molecule has 1 aliphatic rings. The van der Waals surface area contributed by atoms with E-state index >= 15 is 0 Å². The van der Waals surface area contributed by atoms with Crippen LogP contribution in [0.4, 0.5) is 0 Å². The lowest BCUT2D eigenvalue weighted by molar-refractivity contribution is -0.161. The molecule has 0 amide bonds. The molecule has 1 N–H and O–H groups in total. The Morgan fingerprint density at radius 3 is 2.53 bits per heavy atom. The van der Waals surface area contributed by atoms with Gasteiger partial charge in [-0.15, -0.1) is 0 Å². The number of hydrogen-bond donors (Lipinski definition) is 1. The van der Waals surface area contributed by atoms with E-state index in [0.29, 0.717) is 13.0 Å². The number of nitrogens with one attached hydrogen (secondary N) is 1. The van der Waals surface area contributed by atoms with E-state index < -0.39 is 5.54 Å². The van der Waals surface area contributed by atoms with Gasteiger partial charge in [-0.05, 0) is 26.3 Å². The summed E-state index contributed by atoms with van der Waals surface area (Å²) in [5.41, 5.74) is 0.331. The first-order chi connectivity index (χ1) is 7.91. The number of hydrogen-bond acceptors (Lipinski definition) is 3. The SMILES string of the molecule is CC1(C)COC(=O)C(C)(Cc2ccccc2)N1. The number of ether oxygens (including phenoxy) is 1. The molecule has 2 rings (SSSR count). The van der Waals surface area contributed by atoms with Crippen molar-refractivity contribution in [3.63, 3.8) is 0 Å². The largest absolute Gasteiger partial charge is 0.462 e. The molecule has 0 aromatic heterocycles. The van der Waals surface area contributed by atoms with Gasteiger partial charge in [-0.1, -0.05) is 30.3 Å². The van der Waals surface area contributed by atoms with Crippen LogP contribution in [0.25, 0.3) is 0 Å². The van der Waals surface area contributed by atoms with E-state index in [2.05, 4.69) is 5.32 Å². The molecule has 0 aliphatic carbocycles. The maximum absolute atomic E-state index is 11.9. The first-order valence-electron chi connectivity index (χ1n) is 5.92. The molecule has 0 radical (unpaired) electrons. The van der Waals surface area contributed by atoms with Gasteiger partial charge in [-0.3, -0.25) is 10.1 Å². The van der Waals surface area contributed by atoms with Crippen LogP contribution in [0.15, 0.2) is 30.3 Å². The van der Waals surface area contributed by atoms with Crippen molar-refractivity contribution in [1.82, 2.24) is 5.32 Å². The van der Waals surface area contributed by atoms with Crippen molar-refractivity contribution in [3.05, 3.63) is 35.9 Å². The van der Waals surface area contributed by atoms with Crippen LogP contribution in [0.3, 0.4) is 0 Å². The Morgan fingerprint density at radius 1 is 1.24 bits per heavy atom. The van der Waals surface area contributed by atoms with Gasteiger partial charge in [0.25, 0.3) is 0 Å². The molecular formula is C14H19NO2. The third kappa shape index (κ3) is 2.67. The standard InChI is InChI=1S/C14H19NO2/c1-13(2)10-17-12(16)14(3,15-13)9-11-7-5-4-6-8-11/h4-8,15H,9-10H2,1-3H3. The Balaban J connectivity index is 2.19. The first kappa shape index (κ1) is 12.1. The van der Waals surface area contributed by atoms with Crippen LogP contribution in [0.2, 0.25) is 0 Å². The lowest BCUT2D eigenvalue weighted by atomic mass is 9.87. The van der Waals surface area contributed by atoms with E-state index in [1.165, 1.54) is 0 Å². The average Bonchev–Trinajstić information content (AvgIpc) is 2.25. The van der Waals surface area contributed by atoms with E-state index in [9.17, 15) is 4.79 Å². The topological polar surface area (TPSA) is 38.3 Å². The van der Waals surface area contributed by atoms with Crippen LogP contribution in [-0.4, -0.2) is 23.7 Å². The predicted molar refractivity (Wildman–Crippen MR) is 66.7 cm³/mol. The van der Waals surface area contributed by atoms with Gasteiger partial charge in [0.05, 0.1) is 0 Å². The van der Waals surface area contributed by atoms with Gasteiger partial charge in [0.1, 0.15) is 12.1 Å². The van der Waals surface area contributed by atoms with Crippen molar-refractivity contribution in [3.8, 4) is 0 Å². The smallest absolute Gasteiger partial charge is 0.326 e. The molecule has 1 aliphatic heterocycles. The summed E-state index contributed by atoms with van der Waals surface area (Å²) in [7, 11) is 0. The number of carbonyl (C=O) groups is 1. The molecule has 0 spiro atoms. The molecule has 1 aromatic rings. The van der Waals surface area contributed by atoms with Crippen molar-refractivity contribution in [2.24, 2.45) is 0 Å². The minimum absolute atomic E-state index is 0.166. The monoisotopic (exact) mass is 233 g/mol. The minimum Gasteiger partial charge on any atom is -0.462 e. The Kier molecular flexibility index (Phi) is 2.96. The van der Waals surface area contributed by atoms with Crippen LogP contribution < -0.4 is 5.32 Å². The summed E-state index contributed by atoms with van der Waals surface area (Å²) in [6.07, 6.45) is 0.649. The molecular weight excluding hydrogens is 214 g/mol. The summed E-state index contributed by atoms with van der Waals surface area (Å²) in [5.74, 6) is -0.166. The number of morpholine rings is 1. The second-order valence-corrected chi connectivity index (χ2v) is 5.58. The Morgan fingerprint density at radius 2 is 1.88 bits per heavy atom. The summed E-state index contributed by atoms with van der Waals surface area (Å²) >= 11 is 0. The summed E-state index contributed by atoms with van der Waals surface area (Å²) in [6.45, 7) is 6.42. The highest BCUT2D eigenvalue weighted by Gasteiger charge is 2.44. The molecule has 3 heteroatoms. The molecule has 1 aromatic carbocycles. The van der Waals surface area contributed by atoms with Crippen LogP contribution in [0.5, 0.6) is 0 Å². The summed E-state index contributed by atoms with van der Waals surface area (Å²) in [5, 5.41) is 3.39. The van der Waals surface area contributed by atoms with Crippen LogP contribution in [-0.2, 0) is 16.0 Å². The van der Waals surface area contributed by atoms with Crippen molar-refractivity contribution < 1.29 is 9.53 Å². The zero-order chi connectivity index (χ0) is 12.5. The van der Waals surface area contributed by atoms with Gasteiger partial charge >= 0.3 is 5.97 Å². The van der Waals surface area contributed by atoms with E-state index in [1.54, 1.807) is 0 Å². The predicted octanol–water partition coefficient (Wildman–Crippen LogP) is 1.91. The molecule has 1 fully saturated rings. The minimum atomic E-state index is -0.636. The average molecular weight is 233 g/mol. The van der Waals surface area contributed by atoms with Crippen molar-refractivity contribution in [1.29, 1.82) is 0 Å². The normalized spacial score (nSPS) is 27.6. The highest BCUT2D eigenvalue weighted by molar-refractivity contribution is 5.81. The second kappa shape index (κ2) is 4.15. The van der Waals surface area contributed by atoms with Crippen molar-refractivity contribution in [2.75, 3.05) is 6.61 Å². The summed E-state index contributed by atoms with van der Waals surface area (Å²) < 4.78 is 5.28. The third-order valence-electron chi connectivity index (χ3n) is 3.03. The number of rotatable bonds is 2. The highest BCUT2D eigenvalue weighted by Crippen LogP contribution is 2.23. The van der Waals surface area contributed by atoms with Gasteiger partial charge in [0.15, 0.2) is 0 Å².